The number of para-hydroxylation sites is 2. The van der Waals surface area contributed by atoms with Crippen LogP contribution in [-0.4, -0.2) is 37.0 Å². The maximum Gasteiger partial charge on any atom is 0.285 e. The summed E-state index contributed by atoms with van der Waals surface area (Å²) in [5, 5.41) is 19.4. The number of nitrogens with two attached hydrogens (primary N) is 1. The van der Waals surface area contributed by atoms with E-state index in [2.05, 4.69) is 14.4 Å². The third kappa shape index (κ3) is 5.30. The zero-order valence-electron chi connectivity index (χ0n) is 15.6. The molecule has 9 heteroatoms. The molecule has 4 N–H and O–H groups in total. The second-order valence-corrected chi connectivity index (χ2v) is 7.66. The number of hydrogen-bond donors (Lipinski definition) is 3. The minimum Gasteiger partial charge on any atom is -0.507 e. The fourth-order valence-electron chi connectivity index (χ4n) is 2.38. The highest BCUT2D eigenvalue weighted by Gasteiger charge is 2.13. The minimum atomic E-state index is -4.07. The standard InChI is InChI=1S/C21H18N4O4S/c22-21(24-14-16-6-2-4-8-20(16)27)25-30(28,29)18-11-9-17(10-12-18)23-13-15-5-1-3-7-19(15)26/h1-14,26-27H,(H2,22,25)/b23-13?,24-14+. The van der Waals surface area contributed by atoms with Gasteiger partial charge in [0, 0.05) is 23.6 Å². The van der Waals surface area contributed by atoms with E-state index in [1.54, 1.807) is 42.5 Å². The van der Waals surface area contributed by atoms with Crippen LogP contribution in [0, 0.1) is 0 Å². The predicted octanol–water partition coefficient (Wildman–Crippen LogP) is 2.97. The molecule has 0 saturated heterocycles. The van der Waals surface area contributed by atoms with E-state index in [1.807, 2.05) is 0 Å². The number of hydrogen-bond acceptors (Lipinski definition) is 5. The van der Waals surface area contributed by atoms with Gasteiger partial charge in [-0.15, -0.1) is 4.40 Å². The van der Waals surface area contributed by atoms with Crippen molar-refractivity contribution < 1.29 is 18.6 Å². The molecule has 0 radical (unpaired) electrons. The molecule has 30 heavy (non-hydrogen) atoms. The molecule has 0 aliphatic heterocycles. The number of aromatic hydroxyl groups is 2. The van der Waals surface area contributed by atoms with Crippen molar-refractivity contribution in [3.8, 4) is 11.5 Å². The van der Waals surface area contributed by atoms with Gasteiger partial charge in [-0.2, -0.15) is 8.42 Å². The summed E-state index contributed by atoms with van der Waals surface area (Å²) in [6, 6.07) is 18.8. The molecule has 3 aromatic carbocycles. The number of phenolic OH excluding ortho intramolecular Hbond substituents is 2. The largest absolute Gasteiger partial charge is 0.507 e. The SMILES string of the molecule is NC(/N=C/c1ccccc1O)=N\S(=O)(=O)c1ccc(N=Cc2ccccc2O)cc1. The van der Waals surface area contributed by atoms with Gasteiger partial charge in [0.05, 0.1) is 10.6 Å². The molecular formula is C21H18N4O4S. The number of phenols is 2. The number of nitrogens with zero attached hydrogens (tertiary/aromatic N) is 3. The number of benzene rings is 3. The fourth-order valence-corrected chi connectivity index (χ4v) is 3.26. The Morgan fingerprint density at radius 2 is 1.33 bits per heavy atom. The van der Waals surface area contributed by atoms with Crippen molar-refractivity contribution in [2.45, 2.75) is 4.90 Å². The number of guanidine groups is 1. The quantitative estimate of drug-likeness (QED) is 0.429. The van der Waals surface area contributed by atoms with E-state index in [0.29, 0.717) is 16.8 Å². The van der Waals surface area contributed by atoms with E-state index in [0.717, 1.165) is 0 Å². The lowest BCUT2D eigenvalue weighted by atomic mass is 10.2. The Kier molecular flexibility index (Phi) is 6.23. The lowest BCUT2D eigenvalue weighted by Gasteiger charge is -2.01. The number of sulfonamides is 1. The molecule has 8 nitrogen and oxygen atoms in total. The third-order valence-corrected chi connectivity index (χ3v) is 5.21. The van der Waals surface area contributed by atoms with Gasteiger partial charge in [0.2, 0.25) is 5.96 Å². The first-order valence-electron chi connectivity index (χ1n) is 8.70. The monoisotopic (exact) mass is 422 g/mol. The topological polar surface area (TPSA) is 138 Å². The summed E-state index contributed by atoms with van der Waals surface area (Å²) in [5.41, 5.74) is 7.00. The summed E-state index contributed by atoms with van der Waals surface area (Å²) < 4.78 is 28.3. The van der Waals surface area contributed by atoms with Gasteiger partial charge in [0.15, 0.2) is 0 Å². The molecule has 0 saturated carbocycles. The average Bonchev–Trinajstić information content (AvgIpc) is 2.72. The lowest BCUT2D eigenvalue weighted by molar-refractivity contribution is 0.474. The Labute approximate surface area is 173 Å². The molecule has 0 atom stereocenters. The molecule has 0 aliphatic carbocycles. The lowest BCUT2D eigenvalue weighted by Crippen LogP contribution is -2.12. The Bertz CT molecular complexity index is 1230. The van der Waals surface area contributed by atoms with Crippen LogP contribution in [0.5, 0.6) is 11.5 Å². The van der Waals surface area contributed by atoms with Crippen LogP contribution in [-0.2, 0) is 10.0 Å². The summed E-state index contributed by atoms with van der Waals surface area (Å²) in [7, 11) is -4.07. The van der Waals surface area contributed by atoms with Crippen molar-refractivity contribution >= 4 is 34.1 Å². The van der Waals surface area contributed by atoms with E-state index in [-0.39, 0.29) is 16.4 Å². The van der Waals surface area contributed by atoms with Crippen molar-refractivity contribution in [3.63, 3.8) is 0 Å². The van der Waals surface area contributed by atoms with Gasteiger partial charge >= 0.3 is 0 Å². The van der Waals surface area contributed by atoms with Crippen LogP contribution >= 0.6 is 0 Å². The summed E-state index contributed by atoms with van der Waals surface area (Å²) in [6.07, 6.45) is 2.70. The smallest absolute Gasteiger partial charge is 0.285 e. The highest BCUT2D eigenvalue weighted by molar-refractivity contribution is 7.90. The van der Waals surface area contributed by atoms with Gasteiger partial charge in [-0.25, -0.2) is 4.99 Å². The summed E-state index contributed by atoms with van der Waals surface area (Å²) in [4.78, 5) is 7.90. The molecule has 3 rings (SSSR count). The van der Waals surface area contributed by atoms with E-state index in [4.69, 9.17) is 5.73 Å². The fraction of sp³-hybridized carbons (Fsp3) is 0. The van der Waals surface area contributed by atoms with Gasteiger partial charge in [-0.05, 0) is 48.5 Å². The molecule has 0 aliphatic rings. The first-order valence-corrected chi connectivity index (χ1v) is 10.1. The van der Waals surface area contributed by atoms with E-state index < -0.39 is 16.0 Å². The Hall–Kier alpha value is -3.98. The van der Waals surface area contributed by atoms with Gasteiger partial charge in [-0.1, -0.05) is 24.3 Å². The van der Waals surface area contributed by atoms with Crippen molar-refractivity contribution in [2.24, 2.45) is 20.1 Å². The molecule has 0 amide bonds. The zero-order chi connectivity index (χ0) is 21.6. The van der Waals surface area contributed by atoms with Crippen LogP contribution in [0.3, 0.4) is 0 Å². The summed E-state index contributed by atoms with van der Waals surface area (Å²) in [5.74, 6) is -0.397. The van der Waals surface area contributed by atoms with Gasteiger partial charge in [0.1, 0.15) is 11.5 Å². The normalized spacial score (nSPS) is 12.6. The van der Waals surface area contributed by atoms with E-state index in [9.17, 15) is 18.6 Å². The van der Waals surface area contributed by atoms with Crippen molar-refractivity contribution in [3.05, 3.63) is 83.9 Å². The van der Waals surface area contributed by atoms with Crippen LogP contribution < -0.4 is 5.73 Å². The van der Waals surface area contributed by atoms with Crippen LogP contribution in [0.1, 0.15) is 11.1 Å². The molecule has 0 heterocycles. The zero-order valence-corrected chi connectivity index (χ0v) is 16.4. The van der Waals surface area contributed by atoms with Crippen LogP contribution in [0.25, 0.3) is 0 Å². The maximum absolute atomic E-state index is 12.4. The maximum atomic E-state index is 12.4. The summed E-state index contributed by atoms with van der Waals surface area (Å²) >= 11 is 0. The Balaban J connectivity index is 1.75. The summed E-state index contributed by atoms with van der Waals surface area (Å²) in [6.45, 7) is 0. The average molecular weight is 422 g/mol. The highest BCUT2D eigenvalue weighted by atomic mass is 32.2. The van der Waals surface area contributed by atoms with E-state index >= 15 is 0 Å². The number of rotatable bonds is 5. The first-order chi connectivity index (χ1) is 14.3. The van der Waals surface area contributed by atoms with Gasteiger partial charge in [0.25, 0.3) is 10.0 Å². The van der Waals surface area contributed by atoms with Gasteiger partial charge < -0.3 is 15.9 Å². The first kappa shape index (κ1) is 20.7. The van der Waals surface area contributed by atoms with Crippen molar-refractivity contribution in [2.75, 3.05) is 0 Å². The molecule has 0 bridgehead atoms. The second-order valence-electron chi connectivity index (χ2n) is 6.05. The predicted molar refractivity (Wildman–Crippen MR) is 116 cm³/mol. The molecule has 0 fully saturated rings. The molecular weight excluding hydrogens is 404 g/mol. The molecule has 0 aromatic heterocycles. The second kappa shape index (κ2) is 9.01. The number of aliphatic imine (C=N–C) groups is 2. The van der Waals surface area contributed by atoms with Crippen molar-refractivity contribution in [1.82, 2.24) is 0 Å². The third-order valence-electron chi connectivity index (χ3n) is 3.91. The van der Waals surface area contributed by atoms with Crippen LogP contribution in [0.4, 0.5) is 5.69 Å². The van der Waals surface area contributed by atoms with E-state index in [1.165, 1.54) is 42.8 Å². The minimum absolute atomic E-state index is 0.0168. The molecule has 3 aromatic rings. The molecule has 0 unspecified atom stereocenters. The molecule has 152 valence electrons. The highest BCUT2D eigenvalue weighted by Crippen LogP contribution is 2.20. The Morgan fingerprint density at radius 3 is 1.90 bits per heavy atom. The van der Waals surface area contributed by atoms with Crippen molar-refractivity contribution in [1.29, 1.82) is 0 Å². The van der Waals surface area contributed by atoms with Crippen LogP contribution in [0.2, 0.25) is 0 Å². The Morgan fingerprint density at radius 1 is 0.800 bits per heavy atom. The van der Waals surface area contributed by atoms with Gasteiger partial charge in [-0.3, -0.25) is 4.99 Å². The van der Waals surface area contributed by atoms with Crippen LogP contribution in [0.15, 0.2) is 92.1 Å². The molecule has 0 spiro atoms.